The molecule has 2 aromatic rings. The van der Waals surface area contributed by atoms with Crippen molar-refractivity contribution in [2.24, 2.45) is 0 Å². The highest BCUT2D eigenvalue weighted by molar-refractivity contribution is 5.87. The number of nitro groups is 1. The van der Waals surface area contributed by atoms with E-state index in [-0.39, 0.29) is 16.5 Å². The number of nitro benzene ring substituents is 1. The van der Waals surface area contributed by atoms with Crippen molar-refractivity contribution in [1.29, 1.82) is 0 Å². The highest BCUT2D eigenvalue weighted by Gasteiger charge is 2.15. The van der Waals surface area contributed by atoms with E-state index in [4.69, 9.17) is 0 Å². The molecule has 16 heavy (non-hydrogen) atoms. The Kier molecular flexibility index (Phi) is 2.56. The lowest BCUT2D eigenvalue weighted by Crippen LogP contribution is -1.95. The monoisotopic (exact) mass is 216 g/mol. The van der Waals surface area contributed by atoms with Crippen LogP contribution in [0, 0.1) is 10.1 Å². The Hall–Kier alpha value is -1.97. The van der Waals surface area contributed by atoms with Gasteiger partial charge in [0.25, 0.3) is 5.69 Å². The zero-order valence-electron chi connectivity index (χ0n) is 9.18. The number of rotatable bonds is 2. The quantitative estimate of drug-likeness (QED) is 0.571. The van der Waals surface area contributed by atoms with Crippen LogP contribution in [0.2, 0.25) is 0 Å². The van der Waals surface area contributed by atoms with Crippen LogP contribution in [0.4, 0.5) is 5.69 Å². The van der Waals surface area contributed by atoms with Gasteiger partial charge in [0.2, 0.25) is 0 Å². The first-order valence-electron chi connectivity index (χ1n) is 5.12. The molecule has 0 saturated carbocycles. The summed E-state index contributed by atoms with van der Waals surface area (Å²) in [7, 11) is 0. The van der Waals surface area contributed by atoms with E-state index >= 15 is 0 Å². The number of nitrogens with zero attached hydrogens (tertiary/aromatic N) is 2. The molecule has 0 aliphatic heterocycles. The Bertz CT molecular complexity index is 550. The molecule has 4 nitrogen and oxygen atoms in total. The van der Waals surface area contributed by atoms with E-state index in [0.29, 0.717) is 5.52 Å². The van der Waals surface area contributed by atoms with Crippen LogP contribution in [0.15, 0.2) is 30.5 Å². The van der Waals surface area contributed by atoms with E-state index in [1.807, 2.05) is 26.0 Å². The number of hydrogen-bond donors (Lipinski definition) is 0. The Labute approximate surface area is 93.1 Å². The van der Waals surface area contributed by atoms with Crippen molar-refractivity contribution in [2.75, 3.05) is 0 Å². The van der Waals surface area contributed by atoms with Gasteiger partial charge in [-0.1, -0.05) is 19.9 Å². The van der Waals surface area contributed by atoms with Crippen LogP contribution in [-0.2, 0) is 0 Å². The molecule has 1 aromatic carbocycles. The van der Waals surface area contributed by atoms with E-state index in [1.165, 1.54) is 0 Å². The van der Waals surface area contributed by atoms with Gasteiger partial charge in [-0.2, -0.15) is 0 Å². The molecular weight excluding hydrogens is 204 g/mol. The standard InChI is InChI=1S/C12H12N2O2/c1-8(2)10-6-9-4-3-5-13-12(9)11(7-10)14(15)16/h3-8H,1-2H3. The first-order valence-corrected chi connectivity index (χ1v) is 5.12. The number of fused-ring (bicyclic) bond motifs is 1. The maximum Gasteiger partial charge on any atom is 0.295 e. The second-order valence-electron chi connectivity index (χ2n) is 4.03. The van der Waals surface area contributed by atoms with Crippen LogP contribution in [-0.4, -0.2) is 9.91 Å². The Morgan fingerprint density at radius 2 is 2.12 bits per heavy atom. The van der Waals surface area contributed by atoms with Crippen LogP contribution in [0.3, 0.4) is 0 Å². The zero-order valence-corrected chi connectivity index (χ0v) is 9.18. The maximum atomic E-state index is 11.0. The molecule has 0 atom stereocenters. The molecule has 0 aliphatic carbocycles. The molecule has 0 spiro atoms. The molecule has 0 aliphatic rings. The summed E-state index contributed by atoms with van der Waals surface area (Å²) in [5, 5.41) is 11.8. The van der Waals surface area contributed by atoms with Gasteiger partial charge in [0.1, 0.15) is 5.52 Å². The van der Waals surface area contributed by atoms with Crippen LogP contribution >= 0.6 is 0 Å². The summed E-state index contributed by atoms with van der Waals surface area (Å²) < 4.78 is 0. The van der Waals surface area contributed by atoms with Crippen LogP contribution in [0.1, 0.15) is 25.3 Å². The van der Waals surface area contributed by atoms with Crippen molar-refractivity contribution in [1.82, 2.24) is 4.98 Å². The third-order valence-electron chi connectivity index (χ3n) is 2.57. The molecule has 0 amide bonds. The van der Waals surface area contributed by atoms with Crippen molar-refractivity contribution in [3.63, 3.8) is 0 Å². The van der Waals surface area contributed by atoms with Crippen molar-refractivity contribution in [3.8, 4) is 0 Å². The predicted molar refractivity (Wildman–Crippen MR) is 62.5 cm³/mol. The average Bonchev–Trinajstić information content (AvgIpc) is 2.27. The number of non-ortho nitro benzene ring substituents is 1. The molecule has 1 heterocycles. The molecule has 0 N–H and O–H groups in total. The predicted octanol–water partition coefficient (Wildman–Crippen LogP) is 3.27. The van der Waals surface area contributed by atoms with Gasteiger partial charge >= 0.3 is 0 Å². The van der Waals surface area contributed by atoms with Crippen molar-refractivity contribution in [2.45, 2.75) is 19.8 Å². The van der Waals surface area contributed by atoms with Crippen LogP contribution in [0.5, 0.6) is 0 Å². The highest BCUT2D eigenvalue weighted by Crippen LogP contribution is 2.28. The normalized spacial score (nSPS) is 10.9. The molecule has 0 radical (unpaired) electrons. The first-order chi connectivity index (χ1) is 7.59. The van der Waals surface area contributed by atoms with Crippen LogP contribution < -0.4 is 0 Å². The van der Waals surface area contributed by atoms with Gasteiger partial charge in [0.05, 0.1) is 4.92 Å². The van der Waals surface area contributed by atoms with E-state index in [0.717, 1.165) is 10.9 Å². The van der Waals surface area contributed by atoms with Crippen molar-refractivity contribution < 1.29 is 4.92 Å². The first kappa shape index (κ1) is 10.5. The van der Waals surface area contributed by atoms with E-state index < -0.39 is 0 Å². The maximum absolute atomic E-state index is 11.0. The van der Waals surface area contributed by atoms with Gasteiger partial charge in [-0.25, -0.2) is 4.98 Å². The third-order valence-corrected chi connectivity index (χ3v) is 2.57. The topological polar surface area (TPSA) is 56.0 Å². The van der Waals surface area contributed by atoms with Gasteiger partial charge < -0.3 is 0 Å². The smallest absolute Gasteiger partial charge is 0.258 e. The number of pyridine rings is 1. The fraction of sp³-hybridized carbons (Fsp3) is 0.250. The minimum absolute atomic E-state index is 0.0850. The molecule has 1 aromatic heterocycles. The van der Waals surface area contributed by atoms with Gasteiger partial charge in [-0.3, -0.25) is 10.1 Å². The summed E-state index contributed by atoms with van der Waals surface area (Å²) >= 11 is 0. The molecule has 0 saturated heterocycles. The summed E-state index contributed by atoms with van der Waals surface area (Å²) in [5.74, 6) is 0.267. The number of benzene rings is 1. The highest BCUT2D eigenvalue weighted by atomic mass is 16.6. The summed E-state index contributed by atoms with van der Waals surface area (Å²) in [4.78, 5) is 14.6. The van der Waals surface area contributed by atoms with E-state index in [2.05, 4.69) is 4.98 Å². The lowest BCUT2D eigenvalue weighted by atomic mass is 10.00. The molecule has 2 rings (SSSR count). The number of aromatic nitrogens is 1. The second kappa shape index (κ2) is 3.89. The van der Waals surface area contributed by atoms with Crippen molar-refractivity contribution >= 4 is 16.6 Å². The lowest BCUT2D eigenvalue weighted by Gasteiger charge is -2.07. The summed E-state index contributed by atoms with van der Waals surface area (Å²) in [6, 6.07) is 7.21. The summed E-state index contributed by atoms with van der Waals surface area (Å²) in [6.45, 7) is 4.03. The largest absolute Gasteiger partial charge is 0.295 e. The fourth-order valence-electron chi connectivity index (χ4n) is 1.67. The van der Waals surface area contributed by atoms with Gasteiger partial charge in [0.15, 0.2) is 0 Å². The Morgan fingerprint density at radius 3 is 2.75 bits per heavy atom. The SMILES string of the molecule is CC(C)c1cc([N+](=O)[O-])c2ncccc2c1. The lowest BCUT2D eigenvalue weighted by molar-refractivity contribution is -0.383. The van der Waals surface area contributed by atoms with Crippen LogP contribution in [0.25, 0.3) is 10.9 Å². The third kappa shape index (κ3) is 1.74. The van der Waals surface area contributed by atoms with Gasteiger partial charge in [0, 0.05) is 17.6 Å². The Morgan fingerprint density at radius 1 is 1.38 bits per heavy atom. The van der Waals surface area contributed by atoms with E-state index in [1.54, 1.807) is 18.3 Å². The minimum Gasteiger partial charge on any atom is -0.258 e. The molecule has 4 heteroatoms. The molecule has 0 fully saturated rings. The second-order valence-corrected chi connectivity index (χ2v) is 4.03. The molecule has 0 unspecified atom stereocenters. The molecule has 0 bridgehead atoms. The zero-order chi connectivity index (χ0) is 11.7. The van der Waals surface area contributed by atoms with Crippen molar-refractivity contribution in [3.05, 3.63) is 46.1 Å². The summed E-state index contributed by atoms with van der Waals surface area (Å²) in [5.41, 5.74) is 1.51. The Balaban J connectivity index is 2.79. The molecular formula is C12H12N2O2. The fourth-order valence-corrected chi connectivity index (χ4v) is 1.67. The molecule has 82 valence electrons. The van der Waals surface area contributed by atoms with E-state index in [9.17, 15) is 10.1 Å². The van der Waals surface area contributed by atoms with Gasteiger partial charge in [-0.15, -0.1) is 0 Å². The summed E-state index contributed by atoms with van der Waals surface area (Å²) in [6.07, 6.45) is 1.57. The number of hydrogen-bond acceptors (Lipinski definition) is 3. The average molecular weight is 216 g/mol. The minimum atomic E-state index is -0.374. The van der Waals surface area contributed by atoms with Gasteiger partial charge in [-0.05, 0) is 23.6 Å².